The number of para-hydroxylation sites is 1. The van der Waals surface area contributed by atoms with Crippen molar-refractivity contribution in [2.75, 3.05) is 13.6 Å². The van der Waals surface area contributed by atoms with Crippen LogP contribution in [0.4, 0.5) is 0 Å². The third-order valence-electron chi connectivity index (χ3n) is 2.69. The highest BCUT2D eigenvalue weighted by Crippen LogP contribution is 2.12. The van der Waals surface area contributed by atoms with Gasteiger partial charge in [0.05, 0.1) is 17.3 Å². The third kappa shape index (κ3) is 3.02. The van der Waals surface area contributed by atoms with Crippen LogP contribution in [-0.2, 0) is 6.54 Å². The van der Waals surface area contributed by atoms with E-state index in [0.29, 0.717) is 6.42 Å². The van der Waals surface area contributed by atoms with Crippen molar-refractivity contribution in [1.29, 1.82) is 5.26 Å². The van der Waals surface area contributed by atoms with E-state index in [1.165, 1.54) is 0 Å². The Kier molecular flexibility index (Phi) is 3.69. The highest BCUT2D eigenvalue weighted by Gasteiger charge is 2.02. The van der Waals surface area contributed by atoms with Crippen LogP contribution < -0.4 is 0 Å². The predicted molar refractivity (Wildman–Crippen MR) is 68.3 cm³/mol. The van der Waals surface area contributed by atoms with E-state index in [-0.39, 0.29) is 0 Å². The molecule has 0 bridgehead atoms. The van der Waals surface area contributed by atoms with Crippen molar-refractivity contribution in [3.63, 3.8) is 0 Å². The Bertz CT molecular complexity index is 542. The van der Waals surface area contributed by atoms with E-state index >= 15 is 0 Å². The molecule has 2 aromatic rings. The molecule has 17 heavy (non-hydrogen) atoms. The molecule has 0 saturated carbocycles. The molecule has 0 aliphatic rings. The van der Waals surface area contributed by atoms with Crippen LogP contribution in [0.25, 0.3) is 10.9 Å². The normalized spacial score (nSPS) is 10.6. The van der Waals surface area contributed by atoms with E-state index in [4.69, 9.17) is 5.26 Å². The Morgan fingerprint density at radius 2 is 2.06 bits per heavy atom. The van der Waals surface area contributed by atoms with Crippen molar-refractivity contribution in [3.8, 4) is 6.07 Å². The number of pyridine rings is 1. The maximum absolute atomic E-state index is 8.53. The zero-order chi connectivity index (χ0) is 12.1. The summed E-state index contributed by atoms with van der Waals surface area (Å²) in [6, 6.07) is 14.4. The summed E-state index contributed by atoms with van der Waals surface area (Å²) in [6.07, 6.45) is 0.560. The molecule has 2 rings (SSSR count). The molecule has 0 aliphatic carbocycles. The van der Waals surface area contributed by atoms with E-state index in [0.717, 1.165) is 29.7 Å². The number of rotatable bonds is 4. The highest BCUT2D eigenvalue weighted by molar-refractivity contribution is 5.78. The van der Waals surface area contributed by atoms with Gasteiger partial charge >= 0.3 is 0 Å². The van der Waals surface area contributed by atoms with Gasteiger partial charge in [-0.2, -0.15) is 5.26 Å². The lowest BCUT2D eigenvalue weighted by atomic mass is 10.2. The van der Waals surface area contributed by atoms with Gasteiger partial charge in [-0.15, -0.1) is 0 Å². The standard InChI is InChI=1S/C14H15N3/c1-17(10-4-9-15)11-13-8-7-12-5-2-3-6-14(12)16-13/h2-3,5-8H,4,10-11H2,1H3. The molecule has 86 valence electrons. The lowest BCUT2D eigenvalue weighted by Gasteiger charge is -2.14. The summed E-state index contributed by atoms with van der Waals surface area (Å²) < 4.78 is 0. The quantitative estimate of drug-likeness (QED) is 0.803. The van der Waals surface area contributed by atoms with E-state index in [1.807, 2.05) is 31.3 Å². The van der Waals surface area contributed by atoms with Crippen molar-refractivity contribution < 1.29 is 0 Å². The predicted octanol–water partition coefficient (Wildman–Crippen LogP) is 2.58. The second kappa shape index (κ2) is 5.42. The van der Waals surface area contributed by atoms with Gasteiger partial charge in [-0.3, -0.25) is 9.88 Å². The number of aromatic nitrogens is 1. The summed E-state index contributed by atoms with van der Waals surface area (Å²) in [5, 5.41) is 9.69. The summed E-state index contributed by atoms with van der Waals surface area (Å²) in [5.41, 5.74) is 2.07. The Labute approximate surface area is 101 Å². The first-order chi connectivity index (χ1) is 8.29. The van der Waals surface area contributed by atoms with Crippen molar-refractivity contribution in [1.82, 2.24) is 9.88 Å². The first-order valence-corrected chi connectivity index (χ1v) is 5.70. The minimum atomic E-state index is 0.560. The number of hydrogen-bond acceptors (Lipinski definition) is 3. The molecule has 3 heteroatoms. The minimum Gasteiger partial charge on any atom is -0.300 e. The SMILES string of the molecule is CN(CCC#N)Cc1ccc2ccccc2n1. The lowest BCUT2D eigenvalue weighted by Crippen LogP contribution is -2.19. The fourth-order valence-electron chi connectivity index (χ4n) is 1.79. The summed E-state index contributed by atoms with van der Waals surface area (Å²) in [6.45, 7) is 1.57. The molecule has 0 N–H and O–H groups in total. The summed E-state index contributed by atoms with van der Waals surface area (Å²) in [4.78, 5) is 6.71. The molecule has 1 aromatic carbocycles. The molecule has 0 aliphatic heterocycles. The van der Waals surface area contributed by atoms with E-state index in [9.17, 15) is 0 Å². The topological polar surface area (TPSA) is 39.9 Å². The molecule has 0 fully saturated rings. The van der Waals surface area contributed by atoms with Gasteiger partial charge in [-0.1, -0.05) is 24.3 Å². The van der Waals surface area contributed by atoms with Crippen LogP contribution in [0.2, 0.25) is 0 Å². The molecular weight excluding hydrogens is 210 g/mol. The number of benzene rings is 1. The molecule has 1 aromatic heterocycles. The molecular formula is C14H15N3. The van der Waals surface area contributed by atoms with E-state index in [2.05, 4.69) is 28.1 Å². The smallest absolute Gasteiger partial charge is 0.0705 e. The number of fused-ring (bicyclic) bond motifs is 1. The Morgan fingerprint density at radius 3 is 2.88 bits per heavy atom. The monoisotopic (exact) mass is 225 g/mol. The first-order valence-electron chi connectivity index (χ1n) is 5.70. The summed E-state index contributed by atoms with van der Waals surface area (Å²) in [7, 11) is 2.01. The summed E-state index contributed by atoms with van der Waals surface area (Å²) >= 11 is 0. The average molecular weight is 225 g/mol. The second-order valence-electron chi connectivity index (χ2n) is 4.14. The van der Waals surface area contributed by atoms with Crippen molar-refractivity contribution in [3.05, 3.63) is 42.1 Å². The Hall–Kier alpha value is -1.92. The van der Waals surface area contributed by atoms with Gasteiger partial charge in [0.25, 0.3) is 0 Å². The third-order valence-corrected chi connectivity index (χ3v) is 2.69. The largest absolute Gasteiger partial charge is 0.300 e. The van der Waals surface area contributed by atoms with Gasteiger partial charge in [0, 0.05) is 24.9 Å². The molecule has 0 atom stereocenters. The second-order valence-corrected chi connectivity index (χ2v) is 4.14. The fraction of sp³-hybridized carbons (Fsp3) is 0.286. The molecule has 3 nitrogen and oxygen atoms in total. The first kappa shape index (κ1) is 11.6. The minimum absolute atomic E-state index is 0.560. The van der Waals surface area contributed by atoms with Crippen LogP contribution >= 0.6 is 0 Å². The fourth-order valence-corrected chi connectivity index (χ4v) is 1.79. The average Bonchev–Trinajstić information content (AvgIpc) is 2.36. The number of nitrogens with zero attached hydrogens (tertiary/aromatic N) is 3. The van der Waals surface area contributed by atoms with Gasteiger partial charge in [-0.25, -0.2) is 0 Å². The highest BCUT2D eigenvalue weighted by atomic mass is 15.1. The molecule has 0 amide bonds. The molecule has 0 spiro atoms. The van der Waals surface area contributed by atoms with Crippen LogP contribution in [0.3, 0.4) is 0 Å². The van der Waals surface area contributed by atoms with E-state index in [1.54, 1.807) is 0 Å². The van der Waals surface area contributed by atoms with Crippen LogP contribution in [0.5, 0.6) is 0 Å². The number of hydrogen-bond donors (Lipinski definition) is 0. The molecule has 1 heterocycles. The number of nitriles is 1. The van der Waals surface area contributed by atoms with Crippen molar-refractivity contribution in [2.24, 2.45) is 0 Å². The van der Waals surface area contributed by atoms with Crippen molar-refractivity contribution in [2.45, 2.75) is 13.0 Å². The van der Waals surface area contributed by atoms with Gasteiger partial charge in [0.15, 0.2) is 0 Å². The van der Waals surface area contributed by atoms with Crippen molar-refractivity contribution >= 4 is 10.9 Å². The maximum atomic E-state index is 8.53. The van der Waals surface area contributed by atoms with Gasteiger partial charge in [0.2, 0.25) is 0 Å². The molecule has 0 radical (unpaired) electrons. The summed E-state index contributed by atoms with van der Waals surface area (Å²) in [5.74, 6) is 0. The van der Waals surface area contributed by atoms with Crippen LogP contribution in [-0.4, -0.2) is 23.5 Å². The Morgan fingerprint density at radius 1 is 1.24 bits per heavy atom. The van der Waals surface area contributed by atoms with Crippen LogP contribution in [0, 0.1) is 11.3 Å². The van der Waals surface area contributed by atoms with Crippen LogP contribution in [0.15, 0.2) is 36.4 Å². The van der Waals surface area contributed by atoms with Gasteiger partial charge < -0.3 is 0 Å². The Balaban J connectivity index is 2.11. The molecule has 0 saturated heterocycles. The van der Waals surface area contributed by atoms with Gasteiger partial charge in [-0.05, 0) is 19.2 Å². The maximum Gasteiger partial charge on any atom is 0.0705 e. The lowest BCUT2D eigenvalue weighted by molar-refractivity contribution is 0.331. The zero-order valence-corrected chi connectivity index (χ0v) is 9.93. The van der Waals surface area contributed by atoms with Crippen LogP contribution in [0.1, 0.15) is 12.1 Å². The van der Waals surface area contributed by atoms with Gasteiger partial charge in [0.1, 0.15) is 0 Å². The molecule has 0 unspecified atom stereocenters. The van der Waals surface area contributed by atoms with E-state index < -0.39 is 0 Å². The zero-order valence-electron chi connectivity index (χ0n) is 9.93.